The minimum atomic E-state index is -0.404. The highest BCUT2D eigenvalue weighted by Gasteiger charge is 2.09. The van der Waals surface area contributed by atoms with Gasteiger partial charge in [-0.25, -0.2) is 4.79 Å². The molecule has 5 nitrogen and oxygen atoms in total. The van der Waals surface area contributed by atoms with E-state index in [0.717, 1.165) is 0 Å². The van der Waals surface area contributed by atoms with Crippen LogP contribution in [0.1, 0.15) is 17.3 Å². The van der Waals surface area contributed by atoms with Crippen LogP contribution in [0.3, 0.4) is 0 Å². The predicted octanol–water partition coefficient (Wildman–Crippen LogP) is 4.19. The third kappa shape index (κ3) is 5.15. The van der Waals surface area contributed by atoms with Crippen LogP contribution in [0.15, 0.2) is 42.5 Å². The number of hydrogen-bond acceptors (Lipinski definition) is 4. The van der Waals surface area contributed by atoms with E-state index in [0.29, 0.717) is 33.7 Å². The van der Waals surface area contributed by atoms with Crippen molar-refractivity contribution in [3.63, 3.8) is 0 Å². The van der Waals surface area contributed by atoms with Crippen LogP contribution in [-0.4, -0.2) is 25.1 Å². The largest absolute Gasteiger partial charge is 0.484 e. The molecule has 126 valence electrons. The van der Waals surface area contributed by atoms with Crippen LogP contribution in [0.5, 0.6) is 5.75 Å². The lowest BCUT2D eigenvalue weighted by Gasteiger charge is -2.09. The Labute approximate surface area is 149 Å². The molecule has 7 heteroatoms. The summed E-state index contributed by atoms with van der Waals surface area (Å²) < 4.78 is 10.3. The number of rotatable bonds is 6. The molecule has 1 amide bonds. The highest BCUT2D eigenvalue weighted by Crippen LogP contribution is 2.25. The summed E-state index contributed by atoms with van der Waals surface area (Å²) in [7, 11) is 0. The Morgan fingerprint density at radius 3 is 2.42 bits per heavy atom. The standard InChI is InChI=1S/C17H15Cl2NO4/c1-2-23-17(22)11-3-6-13(7-4-11)24-10-16(21)20-15-8-5-12(18)9-14(15)19/h3-9H,2,10H2,1H3,(H,20,21). The van der Waals surface area contributed by atoms with Crippen LogP contribution >= 0.6 is 23.2 Å². The fourth-order valence-electron chi connectivity index (χ4n) is 1.83. The van der Waals surface area contributed by atoms with Gasteiger partial charge in [0.15, 0.2) is 6.61 Å². The third-order valence-electron chi connectivity index (χ3n) is 2.94. The molecule has 2 aromatic rings. The summed E-state index contributed by atoms with van der Waals surface area (Å²) in [5, 5.41) is 3.45. The minimum Gasteiger partial charge on any atom is -0.484 e. The van der Waals surface area contributed by atoms with Crippen molar-refractivity contribution in [2.24, 2.45) is 0 Å². The molecule has 2 rings (SSSR count). The van der Waals surface area contributed by atoms with Gasteiger partial charge in [0.05, 0.1) is 22.9 Å². The van der Waals surface area contributed by atoms with Crippen LogP contribution in [0, 0.1) is 0 Å². The Morgan fingerprint density at radius 2 is 1.79 bits per heavy atom. The topological polar surface area (TPSA) is 64.6 Å². The monoisotopic (exact) mass is 367 g/mol. The first-order valence-corrected chi connectivity index (χ1v) is 7.90. The second-order valence-electron chi connectivity index (χ2n) is 4.71. The first-order valence-electron chi connectivity index (χ1n) is 7.14. The molecule has 1 N–H and O–H groups in total. The van der Waals surface area contributed by atoms with Gasteiger partial charge in [-0.15, -0.1) is 0 Å². The van der Waals surface area contributed by atoms with Gasteiger partial charge in [-0.05, 0) is 49.4 Å². The smallest absolute Gasteiger partial charge is 0.338 e. The van der Waals surface area contributed by atoms with Gasteiger partial charge in [0, 0.05) is 5.02 Å². The van der Waals surface area contributed by atoms with Crippen molar-refractivity contribution in [2.75, 3.05) is 18.5 Å². The van der Waals surface area contributed by atoms with Crippen molar-refractivity contribution in [3.8, 4) is 5.75 Å². The van der Waals surface area contributed by atoms with E-state index in [-0.39, 0.29) is 12.5 Å². The van der Waals surface area contributed by atoms with E-state index in [2.05, 4.69) is 5.32 Å². The number of benzene rings is 2. The van der Waals surface area contributed by atoms with Crippen molar-refractivity contribution < 1.29 is 19.1 Å². The van der Waals surface area contributed by atoms with Gasteiger partial charge in [-0.1, -0.05) is 23.2 Å². The molecule has 0 saturated carbocycles. The summed E-state index contributed by atoms with van der Waals surface area (Å²) >= 11 is 11.8. The highest BCUT2D eigenvalue weighted by molar-refractivity contribution is 6.36. The second kappa shape index (κ2) is 8.57. The zero-order valence-corrected chi connectivity index (χ0v) is 14.4. The van der Waals surface area contributed by atoms with Crippen LogP contribution in [0.2, 0.25) is 10.0 Å². The van der Waals surface area contributed by atoms with E-state index in [1.54, 1.807) is 43.3 Å². The van der Waals surface area contributed by atoms with Crippen LogP contribution in [0.4, 0.5) is 5.69 Å². The zero-order valence-electron chi connectivity index (χ0n) is 12.8. The van der Waals surface area contributed by atoms with Gasteiger partial charge in [0.2, 0.25) is 0 Å². The van der Waals surface area contributed by atoms with E-state index in [9.17, 15) is 9.59 Å². The fourth-order valence-corrected chi connectivity index (χ4v) is 2.28. The Kier molecular flexibility index (Phi) is 6.46. The van der Waals surface area contributed by atoms with Crippen LogP contribution in [-0.2, 0) is 9.53 Å². The SMILES string of the molecule is CCOC(=O)c1ccc(OCC(=O)Nc2ccc(Cl)cc2Cl)cc1. The molecule has 24 heavy (non-hydrogen) atoms. The summed E-state index contributed by atoms with van der Waals surface area (Å²) in [6, 6.07) is 11.1. The number of ether oxygens (including phenoxy) is 2. The summed E-state index contributed by atoms with van der Waals surface area (Å²) in [6.45, 7) is 1.85. The number of esters is 1. The number of nitrogens with one attached hydrogen (secondary N) is 1. The Hall–Kier alpha value is -2.24. The molecule has 0 unspecified atom stereocenters. The average Bonchev–Trinajstić information content (AvgIpc) is 2.56. The average molecular weight is 368 g/mol. The summed E-state index contributed by atoms with van der Waals surface area (Å²) in [5.74, 6) is -0.312. The number of hydrogen-bond donors (Lipinski definition) is 1. The van der Waals surface area contributed by atoms with Gasteiger partial charge in [-0.3, -0.25) is 4.79 Å². The maximum Gasteiger partial charge on any atom is 0.338 e. The second-order valence-corrected chi connectivity index (χ2v) is 5.55. The number of amides is 1. The first kappa shape index (κ1) is 18.1. The molecule has 0 aliphatic heterocycles. The number of carbonyl (C=O) groups excluding carboxylic acids is 2. The molecular weight excluding hydrogens is 353 g/mol. The van der Waals surface area contributed by atoms with E-state index in [1.807, 2.05) is 0 Å². The maximum absolute atomic E-state index is 11.9. The zero-order chi connectivity index (χ0) is 17.5. The molecule has 0 aromatic heterocycles. The molecular formula is C17H15Cl2NO4. The summed E-state index contributed by atoms with van der Waals surface area (Å²) in [5.41, 5.74) is 0.869. The van der Waals surface area contributed by atoms with E-state index in [4.69, 9.17) is 32.7 Å². The van der Waals surface area contributed by atoms with Gasteiger partial charge in [0.1, 0.15) is 5.75 Å². The van der Waals surface area contributed by atoms with E-state index >= 15 is 0 Å². The van der Waals surface area contributed by atoms with Crippen LogP contribution < -0.4 is 10.1 Å². The van der Waals surface area contributed by atoms with E-state index < -0.39 is 5.97 Å². The lowest BCUT2D eigenvalue weighted by molar-refractivity contribution is -0.118. The van der Waals surface area contributed by atoms with Gasteiger partial charge in [0.25, 0.3) is 5.91 Å². The Bertz CT molecular complexity index is 732. The number of carbonyl (C=O) groups is 2. The molecule has 0 radical (unpaired) electrons. The Balaban J connectivity index is 1.88. The van der Waals surface area contributed by atoms with Crippen molar-refractivity contribution in [1.82, 2.24) is 0 Å². The number of halogens is 2. The van der Waals surface area contributed by atoms with Gasteiger partial charge >= 0.3 is 5.97 Å². The third-order valence-corrected chi connectivity index (χ3v) is 3.49. The molecule has 0 aliphatic carbocycles. The summed E-state index contributed by atoms with van der Waals surface area (Å²) in [6.07, 6.45) is 0. The molecule has 0 spiro atoms. The molecule has 0 saturated heterocycles. The van der Waals surface area contributed by atoms with Crippen molar-refractivity contribution >= 4 is 40.8 Å². The molecule has 0 heterocycles. The molecule has 2 aromatic carbocycles. The first-order chi connectivity index (χ1) is 11.5. The molecule has 0 aliphatic rings. The van der Waals surface area contributed by atoms with Crippen LogP contribution in [0.25, 0.3) is 0 Å². The minimum absolute atomic E-state index is 0.197. The molecule has 0 atom stereocenters. The van der Waals surface area contributed by atoms with Crippen molar-refractivity contribution in [3.05, 3.63) is 58.1 Å². The van der Waals surface area contributed by atoms with Crippen molar-refractivity contribution in [2.45, 2.75) is 6.92 Å². The summed E-state index contributed by atoms with van der Waals surface area (Å²) in [4.78, 5) is 23.4. The van der Waals surface area contributed by atoms with Gasteiger partial charge < -0.3 is 14.8 Å². The lowest BCUT2D eigenvalue weighted by atomic mass is 10.2. The molecule has 0 bridgehead atoms. The maximum atomic E-state index is 11.9. The normalized spacial score (nSPS) is 10.1. The fraction of sp³-hybridized carbons (Fsp3) is 0.176. The quantitative estimate of drug-likeness (QED) is 0.777. The lowest BCUT2D eigenvalue weighted by Crippen LogP contribution is -2.20. The Morgan fingerprint density at radius 1 is 1.08 bits per heavy atom. The predicted molar refractivity (Wildman–Crippen MR) is 93.0 cm³/mol. The van der Waals surface area contributed by atoms with Crippen molar-refractivity contribution in [1.29, 1.82) is 0 Å². The van der Waals surface area contributed by atoms with Gasteiger partial charge in [-0.2, -0.15) is 0 Å². The van der Waals surface area contributed by atoms with E-state index in [1.165, 1.54) is 6.07 Å². The number of anilines is 1. The highest BCUT2D eigenvalue weighted by atomic mass is 35.5. The molecule has 0 fully saturated rings.